The number of carbonyl (C=O) groups is 1. The number of hydrogen-bond acceptors (Lipinski definition) is 5. The van der Waals surface area contributed by atoms with Gasteiger partial charge in [0, 0.05) is 6.07 Å². The summed E-state index contributed by atoms with van der Waals surface area (Å²) in [4.78, 5) is 23.2. The molecule has 0 saturated heterocycles. The molecule has 0 amide bonds. The van der Waals surface area contributed by atoms with Crippen LogP contribution >= 0.6 is 11.6 Å². The van der Waals surface area contributed by atoms with E-state index >= 15 is 0 Å². The second-order valence-electron chi connectivity index (χ2n) is 6.13. The highest BCUT2D eigenvalue weighted by molar-refractivity contribution is 6.34. The van der Waals surface area contributed by atoms with Gasteiger partial charge in [0.05, 0.1) is 36.1 Å². The standard InChI is InChI=1S/C20H14ClF3O6/c1-28-17-7-11(15(29-6-5-18(26)27)8-12(17)20(22,23)24)16-9-14(25)10-3-2-4-13(21)19(10)30-16/h2-4,7-9H,5-6H2,1H3,(H,26,27). The van der Waals surface area contributed by atoms with Crippen molar-refractivity contribution in [2.24, 2.45) is 0 Å². The van der Waals surface area contributed by atoms with Gasteiger partial charge in [-0.1, -0.05) is 17.7 Å². The molecule has 0 aliphatic heterocycles. The van der Waals surface area contributed by atoms with Gasteiger partial charge in [-0.2, -0.15) is 13.2 Å². The first-order chi connectivity index (χ1) is 14.1. The van der Waals surface area contributed by atoms with Gasteiger partial charge in [0.25, 0.3) is 0 Å². The molecule has 0 radical (unpaired) electrons. The maximum absolute atomic E-state index is 13.4. The number of carboxylic acids is 1. The summed E-state index contributed by atoms with van der Waals surface area (Å²) >= 11 is 6.09. The van der Waals surface area contributed by atoms with Gasteiger partial charge in [0.2, 0.25) is 0 Å². The predicted octanol–water partition coefficient (Wildman–Crippen LogP) is 4.99. The van der Waals surface area contributed by atoms with Crippen molar-refractivity contribution < 1.29 is 37.0 Å². The third kappa shape index (κ3) is 4.35. The zero-order chi connectivity index (χ0) is 22.1. The van der Waals surface area contributed by atoms with Gasteiger partial charge in [-0.15, -0.1) is 0 Å². The molecule has 3 rings (SSSR count). The van der Waals surface area contributed by atoms with Crippen molar-refractivity contribution in [3.8, 4) is 22.8 Å². The lowest BCUT2D eigenvalue weighted by Crippen LogP contribution is -2.11. The molecule has 1 heterocycles. The van der Waals surface area contributed by atoms with Gasteiger partial charge in [-0.3, -0.25) is 9.59 Å². The first-order valence-corrected chi connectivity index (χ1v) is 8.86. The number of carboxylic acid groups (broad SMARTS) is 1. The summed E-state index contributed by atoms with van der Waals surface area (Å²) in [5.41, 5.74) is -1.56. The number of hydrogen-bond donors (Lipinski definition) is 1. The number of rotatable bonds is 6. The van der Waals surface area contributed by atoms with E-state index in [9.17, 15) is 22.8 Å². The highest BCUT2D eigenvalue weighted by atomic mass is 35.5. The van der Waals surface area contributed by atoms with E-state index < -0.39 is 41.9 Å². The third-order valence-electron chi connectivity index (χ3n) is 4.15. The molecule has 3 aromatic rings. The van der Waals surface area contributed by atoms with Crippen molar-refractivity contribution >= 4 is 28.5 Å². The predicted molar refractivity (Wildman–Crippen MR) is 102 cm³/mol. The molecule has 0 spiro atoms. The number of methoxy groups -OCH3 is 1. The Kier molecular flexibility index (Phi) is 5.93. The van der Waals surface area contributed by atoms with Crippen LogP contribution in [0.3, 0.4) is 0 Å². The quantitative estimate of drug-likeness (QED) is 0.578. The van der Waals surface area contributed by atoms with E-state index in [0.717, 1.165) is 19.2 Å². The minimum atomic E-state index is -4.76. The van der Waals surface area contributed by atoms with E-state index in [0.29, 0.717) is 6.07 Å². The first-order valence-electron chi connectivity index (χ1n) is 8.48. The lowest BCUT2D eigenvalue weighted by Gasteiger charge is -2.17. The number of ether oxygens (including phenoxy) is 2. The largest absolute Gasteiger partial charge is 0.496 e. The van der Waals surface area contributed by atoms with Gasteiger partial charge < -0.3 is 19.0 Å². The number of alkyl halides is 3. The van der Waals surface area contributed by atoms with E-state index in [2.05, 4.69) is 0 Å². The fraction of sp³-hybridized carbons (Fsp3) is 0.200. The first kappa shape index (κ1) is 21.5. The molecular formula is C20H14ClF3O6. The van der Waals surface area contributed by atoms with Crippen LogP contribution in [0.5, 0.6) is 11.5 Å². The lowest BCUT2D eigenvalue weighted by atomic mass is 10.0. The lowest BCUT2D eigenvalue weighted by molar-refractivity contribution is -0.139. The van der Waals surface area contributed by atoms with Crippen molar-refractivity contribution in [1.82, 2.24) is 0 Å². The number of aliphatic carboxylic acids is 1. The maximum atomic E-state index is 13.4. The molecule has 158 valence electrons. The number of halogens is 4. The molecule has 0 saturated carbocycles. The summed E-state index contributed by atoms with van der Waals surface area (Å²) in [5, 5.41) is 9.11. The molecule has 0 fully saturated rings. The van der Waals surface area contributed by atoms with E-state index in [-0.39, 0.29) is 33.1 Å². The van der Waals surface area contributed by atoms with Gasteiger partial charge in [-0.25, -0.2) is 0 Å². The summed E-state index contributed by atoms with van der Waals surface area (Å²) in [7, 11) is 1.06. The highest BCUT2D eigenvalue weighted by Gasteiger charge is 2.36. The normalized spacial score (nSPS) is 11.5. The summed E-state index contributed by atoms with van der Waals surface area (Å²) in [5.74, 6) is -2.15. The Morgan fingerprint density at radius 1 is 1.20 bits per heavy atom. The maximum Gasteiger partial charge on any atom is 0.420 e. The molecule has 1 aromatic heterocycles. The van der Waals surface area contributed by atoms with Crippen molar-refractivity contribution in [2.45, 2.75) is 12.6 Å². The van der Waals surface area contributed by atoms with Crippen molar-refractivity contribution in [1.29, 1.82) is 0 Å². The average Bonchev–Trinajstić information content (AvgIpc) is 2.67. The Bertz CT molecular complexity index is 1170. The van der Waals surface area contributed by atoms with Crippen LogP contribution in [0.4, 0.5) is 13.2 Å². The highest BCUT2D eigenvalue weighted by Crippen LogP contribution is 2.43. The second-order valence-corrected chi connectivity index (χ2v) is 6.54. The Balaban J connectivity index is 2.24. The number of benzene rings is 2. The molecule has 0 bridgehead atoms. The molecule has 0 atom stereocenters. The molecule has 6 nitrogen and oxygen atoms in total. The fourth-order valence-electron chi connectivity index (χ4n) is 2.79. The van der Waals surface area contributed by atoms with Gasteiger partial charge in [0.1, 0.15) is 22.8 Å². The molecule has 2 aromatic carbocycles. The van der Waals surface area contributed by atoms with Crippen molar-refractivity contribution in [3.63, 3.8) is 0 Å². The van der Waals surface area contributed by atoms with Crippen LogP contribution in [-0.4, -0.2) is 24.8 Å². The van der Waals surface area contributed by atoms with Crippen LogP contribution in [0.15, 0.2) is 45.6 Å². The molecule has 0 unspecified atom stereocenters. The monoisotopic (exact) mass is 442 g/mol. The van der Waals surface area contributed by atoms with Gasteiger partial charge in [0.15, 0.2) is 11.0 Å². The minimum absolute atomic E-state index is 0.0239. The molecule has 0 aliphatic carbocycles. The average molecular weight is 443 g/mol. The summed E-state index contributed by atoms with van der Waals surface area (Å²) in [6, 6.07) is 7.32. The SMILES string of the molecule is COc1cc(-c2cc(=O)c3cccc(Cl)c3o2)c(OCCC(=O)O)cc1C(F)(F)F. The zero-order valence-corrected chi connectivity index (χ0v) is 16.1. The Labute approximate surface area is 172 Å². The van der Waals surface area contributed by atoms with Gasteiger partial charge >= 0.3 is 12.1 Å². The number of fused-ring (bicyclic) bond motifs is 1. The van der Waals surface area contributed by atoms with Crippen molar-refractivity contribution in [3.05, 3.63) is 57.2 Å². The topological polar surface area (TPSA) is 86.0 Å². The van der Waals surface area contributed by atoms with E-state index in [1.54, 1.807) is 6.07 Å². The molecule has 10 heteroatoms. The zero-order valence-electron chi connectivity index (χ0n) is 15.4. The molecular weight excluding hydrogens is 429 g/mol. The van der Waals surface area contributed by atoms with E-state index in [1.165, 1.54) is 12.1 Å². The van der Waals surface area contributed by atoms with Crippen LogP contribution in [0, 0.1) is 0 Å². The molecule has 0 aliphatic rings. The Morgan fingerprint density at radius 2 is 1.93 bits per heavy atom. The fourth-order valence-corrected chi connectivity index (χ4v) is 3.00. The van der Waals surface area contributed by atoms with Gasteiger partial charge in [-0.05, 0) is 24.3 Å². The summed E-state index contributed by atoms with van der Waals surface area (Å²) in [6.07, 6.45) is -5.21. The van der Waals surface area contributed by atoms with Crippen LogP contribution in [0.2, 0.25) is 5.02 Å². The Morgan fingerprint density at radius 3 is 2.57 bits per heavy atom. The van der Waals surface area contributed by atoms with E-state index in [4.69, 9.17) is 30.6 Å². The van der Waals surface area contributed by atoms with Crippen LogP contribution < -0.4 is 14.9 Å². The Hall–Kier alpha value is -3.20. The summed E-state index contributed by atoms with van der Waals surface area (Å²) < 4.78 is 56.0. The van der Waals surface area contributed by atoms with Crippen molar-refractivity contribution in [2.75, 3.05) is 13.7 Å². The molecule has 30 heavy (non-hydrogen) atoms. The van der Waals surface area contributed by atoms with Crippen LogP contribution in [0.25, 0.3) is 22.3 Å². The third-order valence-corrected chi connectivity index (χ3v) is 4.45. The van der Waals surface area contributed by atoms with Crippen LogP contribution in [-0.2, 0) is 11.0 Å². The van der Waals surface area contributed by atoms with E-state index in [1.807, 2.05) is 0 Å². The van der Waals surface area contributed by atoms with Crippen LogP contribution in [0.1, 0.15) is 12.0 Å². The minimum Gasteiger partial charge on any atom is -0.496 e. The summed E-state index contributed by atoms with van der Waals surface area (Å²) in [6.45, 7) is -0.398. The smallest absolute Gasteiger partial charge is 0.420 e. The molecule has 1 N–H and O–H groups in total. The number of para-hydroxylation sites is 1. The second kappa shape index (κ2) is 8.27.